The van der Waals surface area contributed by atoms with Gasteiger partial charge in [-0.3, -0.25) is 4.79 Å². The van der Waals surface area contributed by atoms with Crippen molar-refractivity contribution in [2.75, 3.05) is 0 Å². The number of carbonyl (C=O) groups excluding carboxylic acids is 1. The molecule has 1 aliphatic rings. The number of benzene rings is 1. The molecule has 0 bridgehead atoms. The number of hydrogen-bond acceptors (Lipinski definition) is 4. The number of carboxylic acids is 1. The van der Waals surface area contributed by atoms with E-state index < -0.39 is 17.1 Å². The van der Waals surface area contributed by atoms with Crippen LogP contribution in [0.15, 0.2) is 43.0 Å². The zero-order valence-electron chi connectivity index (χ0n) is 14.1. The van der Waals surface area contributed by atoms with E-state index in [9.17, 15) is 9.59 Å². The summed E-state index contributed by atoms with van der Waals surface area (Å²) in [6.45, 7) is 10.6. The standard InChI is InChI=1S/C11H13NO2.C7H12O2/c1-7-9(11(7,12)10(13)14)8-5-3-2-4-6-8;1-5-6(8)9-7(2,3)4/h2-7,9H,12H2,1H3,(H,13,14);5H,1H2,2-4H3. The minimum atomic E-state index is -1.05. The van der Waals surface area contributed by atoms with Gasteiger partial charge in [0.2, 0.25) is 0 Å². The van der Waals surface area contributed by atoms with Crippen molar-refractivity contribution < 1.29 is 19.4 Å². The van der Waals surface area contributed by atoms with Crippen LogP contribution in [0.25, 0.3) is 0 Å². The molecular formula is C18H25NO4. The highest BCUT2D eigenvalue weighted by Gasteiger charge is 2.65. The van der Waals surface area contributed by atoms with E-state index in [2.05, 4.69) is 6.58 Å². The van der Waals surface area contributed by atoms with Crippen molar-refractivity contribution in [2.45, 2.75) is 44.8 Å². The van der Waals surface area contributed by atoms with Gasteiger partial charge in [-0.05, 0) is 32.3 Å². The molecule has 126 valence electrons. The van der Waals surface area contributed by atoms with E-state index in [0.717, 1.165) is 11.6 Å². The lowest BCUT2D eigenvalue weighted by molar-refractivity contribution is -0.148. The van der Waals surface area contributed by atoms with Gasteiger partial charge in [0.25, 0.3) is 0 Å². The van der Waals surface area contributed by atoms with E-state index in [1.807, 2.05) is 58.0 Å². The number of carboxylic acid groups (broad SMARTS) is 1. The number of aliphatic carboxylic acids is 1. The minimum Gasteiger partial charge on any atom is -0.480 e. The Morgan fingerprint density at radius 3 is 2.13 bits per heavy atom. The maximum absolute atomic E-state index is 11.0. The van der Waals surface area contributed by atoms with Crippen molar-refractivity contribution in [2.24, 2.45) is 11.7 Å². The Kier molecular flexibility index (Phi) is 5.72. The quantitative estimate of drug-likeness (QED) is 0.660. The van der Waals surface area contributed by atoms with Gasteiger partial charge in [-0.2, -0.15) is 0 Å². The van der Waals surface area contributed by atoms with Crippen LogP contribution < -0.4 is 5.73 Å². The molecule has 0 amide bonds. The lowest BCUT2D eigenvalue weighted by atomic mass is 10.1. The average Bonchev–Trinajstić information content (AvgIpc) is 3.02. The Morgan fingerprint density at radius 2 is 1.83 bits per heavy atom. The Hall–Kier alpha value is -2.14. The first-order valence-electron chi connectivity index (χ1n) is 7.46. The van der Waals surface area contributed by atoms with Crippen LogP contribution in [0.1, 0.15) is 39.2 Å². The summed E-state index contributed by atoms with van der Waals surface area (Å²) >= 11 is 0. The Morgan fingerprint density at radius 1 is 1.30 bits per heavy atom. The molecule has 0 radical (unpaired) electrons. The van der Waals surface area contributed by atoms with Crippen molar-refractivity contribution in [3.63, 3.8) is 0 Å². The summed E-state index contributed by atoms with van der Waals surface area (Å²) in [5.41, 5.74) is 5.38. The van der Waals surface area contributed by atoms with Gasteiger partial charge in [-0.15, -0.1) is 0 Å². The Balaban J connectivity index is 0.000000257. The van der Waals surface area contributed by atoms with Crippen LogP contribution in [0, 0.1) is 5.92 Å². The van der Waals surface area contributed by atoms with Gasteiger partial charge in [0.15, 0.2) is 0 Å². The van der Waals surface area contributed by atoms with Gasteiger partial charge in [-0.1, -0.05) is 43.8 Å². The smallest absolute Gasteiger partial charge is 0.330 e. The van der Waals surface area contributed by atoms with Crippen molar-refractivity contribution in [3.05, 3.63) is 48.6 Å². The molecule has 23 heavy (non-hydrogen) atoms. The number of hydrogen-bond donors (Lipinski definition) is 2. The third-order valence-electron chi connectivity index (χ3n) is 3.76. The molecule has 1 aromatic rings. The van der Waals surface area contributed by atoms with Gasteiger partial charge in [0, 0.05) is 12.0 Å². The monoisotopic (exact) mass is 319 g/mol. The summed E-state index contributed by atoms with van der Waals surface area (Å²) in [6.07, 6.45) is 1.16. The minimum absolute atomic E-state index is 0.0161. The highest BCUT2D eigenvalue weighted by molar-refractivity contribution is 5.86. The summed E-state index contributed by atoms with van der Waals surface area (Å²) < 4.78 is 4.83. The van der Waals surface area contributed by atoms with Crippen LogP contribution in [0.3, 0.4) is 0 Å². The molecule has 1 fully saturated rings. The topological polar surface area (TPSA) is 89.6 Å². The van der Waals surface area contributed by atoms with Crippen LogP contribution in [0.2, 0.25) is 0 Å². The molecule has 1 aromatic carbocycles. The molecule has 2 rings (SSSR count). The molecule has 1 saturated carbocycles. The van der Waals surface area contributed by atoms with Crippen LogP contribution in [0.4, 0.5) is 0 Å². The fraction of sp³-hybridized carbons (Fsp3) is 0.444. The number of ether oxygens (including phenoxy) is 1. The van der Waals surface area contributed by atoms with E-state index >= 15 is 0 Å². The predicted molar refractivity (Wildman–Crippen MR) is 88.9 cm³/mol. The maximum Gasteiger partial charge on any atom is 0.330 e. The molecule has 0 spiro atoms. The van der Waals surface area contributed by atoms with Crippen LogP contribution in [-0.4, -0.2) is 28.2 Å². The van der Waals surface area contributed by atoms with Gasteiger partial charge in [0.1, 0.15) is 11.1 Å². The molecular weight excluding hydrogens is 294 g/mol. The number of esters is 1. The van der Waals surface area contributed by atoms with Crippen LogP contribution in [0.5, 0.6) is 0 Å². The third-order valence-corrected chi connectivity index (χ3v) is 3.76. The second-order valence-corrected chi connectivity index (χ2v) is 6.65. The first-order valence-corrected chi connectivity index (χ1v) is 7.46. The van der Waals surface area contributed by atoms with E-state index in [-0.39, 0.29) is 17.8 Å². The molecule has 5 heteroatoms. The van der Waals surface area contributed by atoms with Gasteiger partial charge in [-0.25, -0.2) is 4.79 Å². The maximum atomic E-state index is 11.0. The molecule has 0 aliphatic heterocycles. The molecule has 3 atom stereocenters. The molecule has 3 unspecified atom stereocenters. The van der Waals surface area contributed by atoms with Gasteiger partial charge in [0.05, 0.1) is 0 Å². The van der Waals surface area contributed by atoms with Crippen molar-refractivity contribution in [3.8, 4) is 0 Å². The van der Waals surface area contributed by atoms with Crippen molar-refractivity contribution in [1.29, 1.82) is 0 Å². The van der Waals surface area contributed by atoms with Gasteiger partial charge >= 0.3 is 11.9 Å². The van der Waals surface area contributed by atoms with E-state index in [0.29, 0.717) is 0 Å². The van der Waals surface area contributed by atoms with E-state index in [4.69, 9.17) is 15.6 Å². The van der Waals surface area contributed by atoms with E-state index in [1.165, 1.54) is 0 Å². The first-order chi connectivity index (χ1) is 10.5. The Bertz CT molecular complexity index is 576. The largest absolute Gasteiger partial charge is 0.480 e. The molecule has 0 aromatic heterocycles. The highest BCUT2D eigenvalue weighted by atomic mass is 16.6. The van der Waals surface area contributed by atoms with Gasteiger partial charge < -0.3 is 15.6 Å². The van der Waals surface area contributed by atoms with Crippen molar-refractivity contribution in [1.82, 2.24) is 0 Å². The summed E-state index contributed by atoms with van der Waals surface area (Å²) in [5.74, 6) is -1.30. The Labute approximate surface area is 137 Å². The summed E-state index contributed by atoms with van der Waals surface area (Å²) in [5, 5.41) is 8.99. The molecule has 5 nitrogen and oxygen atoms in total. The molecule has 3 N–H and O–H groups in total. The second kappa shape index (κ2) is 6.96. The number of rotatable bonds is 3. The lowest BCUT2D eigenvalue weighted by Crippen LogP contribution is -2.36. The second-order valence-electron chi connectivity index (χ2n) is 6.65. The normalized spacial score (nSPS) is 25.6. The zero-order chi connectivity index (χ0) is 17.8. The van der Waals surface area contributed by atoms with Crippen LogP contribution in [-0.2, 0) is 14.3 Å². The van der Waals surface area contributed by atoms with Crippen LogP contribution >= 0.6 is 0 Å². The summed E-state index contributed by atoms with van der Waals surface area (Å²) in [6, 6.07) is 9.58. The average molecular weight is 319 g/mol. The lowest BCUT2D eigenvalue weighted by Gasteiger charge is -2.17. The number of nitrogens with two attached hydrogens (primary N) is 1. The molecule has 0 heterocycles. The third kappa shape index (κ3) is 4.66. The van der Waals surface area contributed by atoms with Crippen molar-refractivity contribution >= 4 is 11.9 Å². The molecule has 1 aliphatic carbocycles. The fourth-order valence-electron chi connectivity index (χ4n) is 2.48. The fourth-order valence-corrected chi connectivity index (χ4v) is 2.48. The van der Waals surface area contributed by atoms with E-state index in [1.54, 1.807) is 0 Å². The molecule has 0 saturated heterocycles. The predicted octanol–water partition coefficient (Wildman–Crippen LogP) is 2.72. The summed E-state index contributed by atoms with van der Waals surface area (Å²) in [7, 11) is 0. The SMILES string of the molecule is C=CC(=O)OC(C)(C)C.CC1C(c2ccccc2)C1(N)C(=O)O. The summed E-state index contributed by atoms with van der Waals surface area (Å²) in [4.78, 5) is 21.4. The first kappa shape index (κ1) is 18.9. The number of carbonyl (C=O) groups is 2. The zero-order valence-corrected chi connectivity index (χ0v) is 14.1. The highest BCUT2D eigenvalue weighted by Crippen LogP contribution is 2.55.